The third-order valence-corrected chi connectivity index (χ3v) is 2.82. The molecule has 0 saturated carbocycles. The lowest BCUT2D eigenvalue weighted by molar-refractivity contribution is -0.689. The molecule has 0 aliphatic carbocycles. The minimum atomic E-state index is 0. The number of hydrogen-bond acceptors (Lipinski definition) is 1. The highest BCUT2D eigenvalue weighted by Crippen LogP contribution is 2.05. The van der Waals surface area contributed by atoms with Crippen LogP contribution in [0.5, 0.6) is 0 Å². The van der Waals surface area contributed by atoms with Gasteiger partial charge in [0.2, 0.25) is 12.3 Å². The number of carbonyl (C=O) groups excluding carboxylic acids is 1. The molecule has 0 fully saturated rings. The molecule has 0 radical (unpaired) electrons. The average Bonchev–Trinajstić information content (AvgIpc) is 2.32. The average molecular weight is 306 g/mol. The molecule has 2 nitrogen and oxygen atoms in total. The number of pyridine rings is 1. The van der Waals surface area contributed by atoms with Crippen LogP contribution in [0, 0.1) is 13.8 Å². The molecule has 3 heteroatoms. The molecule has 1 aromatic heterocycles. The fourth-order valence-corrected chi connectivity index (χ4v) is 1.80. The number of hydrogen-bond donors (Lipinski definition) is 0. The number of aryl methyl sites for hydroxylation is 2. The summed E-state index contributed by atoms with van der Waals surface area (Å²) in [7, 11) is 0. The van der Waals surface area contributed by atoms with Gasteiger partial charge in [0, 0.05) is 24.6 Å². The molecule has 0 aliphatic heterocycles. The molecular weight excluding hydrogens is 290 g/mol. The van der Waals surface area contributed by atoms with E-state index < -0.39 is 0 Å². The molecule has 18 heavy (non-hydrogen) atoms. The first-order valence-corrected chi connectivity index (χ1v) is 5.72. The van der Waals surface area contributed by atoms with Crippen molar-refractivity contribution >= 4 is 5.78 Å². The number of aromatic nitrogens is 1. The van der Waals surface area contributed by atoms with E-state index in [0.29, 0.717) is 6.54 Å². The van der Waals surface area contributed by atoms with Gasteiger partial charge >= 0.3 is 0 Å². The molecule has 0 N–H and O–H groups in total. The maximum atomic E-state index is 12.1. The van der Waals surface area contributed by atoms with Crippen LogP contribution in [0.3, 0.4) is 0 Å². The maximum Gasteiger partial charge on any atom is 0.227 e. The summed E-state index contributed by atoms with van der Waals surface area (Å²) in [6.07, 6.45) is 1.93. The smallest absolute Gasteiger partial charge is 0.227 e. The van der Waals surface area contributed by atoms with E-state index >= 15 is 0 Å². The summed E-state index contributed by atoms with van der Waals surface area (Å²) in [4.78, 5) is 12.1. The van der Waals surface area contributed by atoms with E-state index in [1.807, 2.05) is 67.1 Å². The summed E-state index contributed by atoms with van der Waals surface area (Å²) in [5.41, 5.74) is 2.99. The zero-order valence-corrected chi connectivity index (χ0v) is 12.1. The van der Waals surface area contributed by atoms with Crippen LogP contribution in [-0.4, -0.2) is 5.78 Å². The Bertz CT molecular complexity index is 552. The summed E-state index contributed by atoms with van der Waals surface area (Å²) in [6.45, 7) is 4.40. The second-order valence-electron chi connectivity index (χ2n) is 4.26. The third kappa shape index (κ3) is 3.50. The molecule has 2 aromatic rings. The number of benzene rings is 1. The molecule has 0 amide bonds. The first kappa shape index (κ1) is 14.6. The van der Waals surface area contributed by atoms with Crippen LogP contribution in [0.2, 0.25) is 0 Å². The van der Waals surface area contributed by atoms with Crippen LogP contribution in [0.1, 0.15) is 21.6 Å². The van der Waals surface area contributed by atoms with Gasteiger partial charge < -0.3 is 17.0 Å². The second kappa shape index (κ2) is 6.45. The van der Waals surface area contributed by atoms with Crippen molar-refractivity contribution in [2.45, 2.75) is 20.4 Å². The van der Waals surface area contributed by atoms with Gasteiger partial charge in [-0.2, -0.15) is 4.57 Å². The minimum absolute atomic E-state index is 0. The number of carbonyl (C=O) groups is 1. The van der Waals surface area contributed by atoms with Crippen LogP contribution in [0.4, 0.5) is 0 Å². The standard InChI is InChI=1S/C15H16NO.BrH/c1-12-6-5-8-14(10-12)15(17)11-16-9-4-3-7-13(16)2;/h3-10H,11H2,1-2H3;1H/q+1;/p-1. The van der Waals surface area contributed by atoms with Crippen molar-refractivity contribution in [2.24, 2.45) is 0 Å². The lowest BCUT2D eigenvalue weighted by Crippen LogP contribution is -3.00. The lowest BCUT2D eigenvalue weighted by Gasteiger charge is -2.01. The Morgan fingerprint density at radius 1 is 1.11 bits per heavy atom. The van der Waals surface area contributed by atoms with E-state index in [4.69, 9.17) is 0 Å². The summed E-state index contributed by atoms with van der Waals surface area (Å²) < 4.78 is 1.96. The highest BCUT2D eigenvalue weighted by atomic mass is 79.9. The number of Topliss-reactive ketones (excluding diaryl/α,β-unsaturated/α-hetero) is 1. The van der Waals surface area contributed by atoms with Crippen molar-refractivity contribution in [3.8, 4) is 0 Å². The van der Waals surface area contributed by atoms with E-state index in [1.165, 1.54) is 0 Å². The van der Waals surface area contributed by atoms with Crippen molar-refractivity contribution in [1.29, 1.82) is 0 Å². The van der Waals surface area contributed by atoms with Crippen molar-refractivity contribution in [3.05, 3.63) is 65.5 Å². The quantitative estimate of drug-likeness (QED) is 0.552. The van der Waals surface area contributed by atoms with E-state index in [0.717, 1.165) is 16.8 Å². The lowest BCUT2D eigenvalue weighted by atomic mass is 10.1. The SMILES string of the molecule is Cc1cccc(C(=O)C[n+]2ccccc2C)c1.[Br-]. The Labute approximate surface area is 118 Å². The molecule has 0 bridgehead atoms. The molecule has 1 aromatic carbocycles. The molecule has 2 rings (SSSR count). The summed E-state index contributed by atoms with van der Waals surface area (Å²) in [5.74, 6) is 0.146. The summed E-state index contributed by atoms with van der Waals surface area (Å²) >= 11 is 0. The monoisotopic (exact) mass is 305 g/mol. The van der Waals surface area contributed by atoms with E-state index in [1.54, 1.807) is 0 Å². The molecule has 0 saturated heterocycles. The normalized spacial score (nSPS) is 9.67. The van der Waals surface area contributed by atoms with Crippen LogP contribution in [0.25, 0.3) is 0 Å². The molecule has 0 aliphatic rings. The molecule has 0 spiro atoms. The first-order valence-electron chi connectivity index (χ1n) is 5.72. The van der Waals surface area contributed by atoms with Crippen LogP contribution in [-0.2, 0) is 6.54 Å². The van der Waals surface area contributed by atoms with Gasteiger partial charge in [-0.25, -0.2) is 0 Å². The van der Waals surface area contributed by atoms with Gasteiger partial charge in [0.15, 0.2) is 11.9 Å². The predicted molar refractivity (Wildman–Crippen MR) is 66.9 cm³/mol. The Balaban J connectivity index is 0.00000162. The third-order valence-electron chi connectivity index (χ3n) is 2.82. The van der Waals surface area contributed by atoms with Gasteiger partial charge in [0.05, 0.1) is 0 Å². The number of halogens is 1. The Morgan fingerprint density at radius 2 is 1.89 bits per heavy atom. The van der Waals surface area contributed by atoms with E-state index in [9.17, 15) is 4.79 Å². The van der Waals surface area contributed by atoms with Crippen LogP contribution >= 0.6 is 0 Å². The van der Waals surface area contributed by atoms with Gasteiger partial charge in [-0.15, -0.1) is 0 Å². The summed E-state index contributed by atoms with van der Waals surface area (Å²) in [6, 6.07) is 13.6. The number of nitrogens with zero attached hydrogens (tertiary/aromatic N) is 1. The topological polar surface area (TPSA) is 20.9 Å². The fraction of sp³-hybridized carbons (Fsp3) is 0.200. The van der Waals surface area contributed by atoms with E-state index in [2.05, 4.69) is 0 Å². The van der Waals surface area contributed by atoms with Crippen molar-refractivity contribution in [2.75, 3.05) is 0 Å². The van der Waals surface area contributed by atoms with Crippen LogP contribution in [0.15, 0.2) is 48.7 Å². The van der Waals surface area contributed by atoms with Gasteiger partial charge in [0.1, 0.15) is 0 Å². The van der Waals surface area contributed by atoms with Gasteiger partial charge in [0.25, 0.3) is 0 Å². The minimum Gasteiger partial charge on any atom is -1.00 e. The number of ketones is 1. The molecular formula is C15H16BrNO. The highest BCUT2D eigenvalue weighted by molar-refractivity contribution is 5.95. The molecule has 0 atom stereocenters. The highest BCUT2D eigenvalue weighted by Gasteiger charge is 2.13. The molecule has 0 unspecified atom stereocenters. The fourth-order valence-electron chi connectivity index (χ4n) is 1.80. The largest absolute Gasteiger partial charge is 1.00 e. The van der Waals surface area contributed by atoms with E-state index in [-0.39, 0.29) is 22.8 Å². The Morgan fingerprint density at radius 3 is 2.56 bits per heavy atom. The molecule has 1 heterocycles. The van der Waals surface area contributed by atoms with Crippen molar-refractivity contribution < 1.29 is 26.3 Å². The van der Waals surface area contributed by atoms with Crippen LogP contribution < -0.4 is 21.5 Å². The number of rotatable bonds is 3. The van der Waals surface area contributed by atoms with Gasteiger partial charge in [-0.05, 0) is 13.0 Å². The van der Waals surface area contributed by atoms with Gasteiger partial charge in [-0.1, -0.05) is 29.8 Å². The van der Waals surface area contributed by atoms with Gasteiger partial charge in [-0.3, -0.25) is 4.79 Å². The zero-order valence-electron chi connectivity index (χ0n) is 10.6. The second-order valence-corrected chi connectivity index (χ2v) is 4.26. The zero-order chi connectivity index (χ0) is 12.3. The first-order chi connectivity index (χ1) is 8.16. The Hall–Kier alpha value is -1.48. The van der Waals surface area contributed by atoms with Crippen molar-refractivity contribution in [1.82, 2.24) is 0 Å². The maximum absolute atomic E-state index is 12.1. The molecule has 94 valence electrons. The predicted octanol–water partition coefficient (Wildman–Crippen LogP) is -0.522. The van der Waals surface area contributed by atoms with Crippen molar-refractivity contribution in [3.63, 3.8) is 0 Å². The Kier molecular flexibility index (Phi) is 5.23. The summed E-state index contributed by atoms with van der Waals surface area (Å²) in [5, 5.41) is 0.